The summed E-state index contributed by atoms with van der Waals surface area (Å²) in [7, 11) is -1.02. The van der Waals surface area contributed by atoms with E-state index in [2.05, 4.69) is 10.6 Å². The summed E-state index contributed by atoms with van der Waals surface area (Å²) in [5.41, 5.74) is 0.184. The highest BCUT2D eigenvalue weighted by atomic mass is 32.2. The van der Waals surface area contributed by atoms with E-state index in [4.69, 9.17) is 4.74 Å². The number of rotatable bonds is 4. The van der Waals surface area contributed by atoms with Crippen LogP contribution in [0.25, 0.3) is 0 Å². The van der Waals surface area contributed by atoms with Gasteiger partial charge in [0.15, 0.2) is 0 Å². The number of aromatic hydroxyl groups is 1. The minimum absolute atomic E-state index is 0.108. The first-order chi connectivity index (χ1) is 10.3. The second-order valence-electron chi connectivity index (χ2n) is 4.79. The molecule has 1 atom stereocenters. The molecule has 6 heteroatoms. The van der Waals surface area contributed by atoms with Crippen LogP contribution in [0.2, 0.25) is 0 Å². The summed E-state index contributed by atoms with van der Waals surface area (Å²) in [6.45, 7) is 0. The molecule has 0 aliphatic rings. The molecule has 0 aliphatic heterocycles. The van der Waals surface area contributed by atoms with Crippen molar-refractivity contribution in [2.24, 2.45) is 0 Å². The predicted octanol–water partition coefficient (Wildman–Crippen LogP) is 2.68. The number of hydrogen-bond acceptors (Lipinski definition) is 5. The zero-order valence-corrected chi connectivity index (χ0v) is 13.1. The average Bonchev–Trinajstić information content (AvgIpc) is 2.45. The van der Waals surface area contributed by atoms with Gasteiger partial charge in [-0.3, -0.25) is 4.21 Å². The van der Waals surface area contributed by atoms with Gasteiger partial charge in [0.2, 0.25) is 0 Å². The minimum atomic E-state index is -2.28. The van der Waals surface area contributed by atoms with Gasteiger partial charge in [-0.05, 0) is 51.8 Å². The molecule has 1 unspecified atom stereocenters. The van der Waals surface area contributed by atoms with Crippen LogP contribution in [0.15, 0.2) is 47.4 Å². The van der Waals surface area contributed by atoms with Crippen molar-refractivity contribution in [3.63, 3.8) is 0 Å². The Balaban J connectivity index is 2.27. The Morgan fingerprint density at radius 2 is 1.77 bits per heavy atom. The molecule has 116 valence electrons. The van der Waals surface area contributed by atoms with Crippen LogP contribution in [0.1, 0.15) is 10.4 Å². The van der Waals surface area contributed by atoms with Gasteiger partial charge in [-0.2, -0.15) is 0 Å². The van der Waals surface area contributed by atoms with Gasteiger partial charge in [-0.1, -0.05) is 0 Å². The van der Waals surface area contributed by atoms with Gasteiger partial charge in [0, 0.05) is 17.2 Å². The SMILES string of the molecule is C=S(C)(=O)c1ccc(Oc2cc(O)cc(C(=O)OC)c2)cc1. The number of methoxy groups -OCH3 is 1. The number of phenolic OH excluding ortho intramolecular Hbond substituents is 1. The molecule has 0 saturated heterocycles. The number of carbonyl (C=O) groups excluding carboxylic acids is 1. The Morgan fingerprint density at radius 3 is 2.32 bits per heavy atom. The third-order valence-electron chi connectivity index (χ3n) is 2.87. The molecule has 22 heavy (non-hydrogen) atoms. The van der Waals surface area contributed by atoms with E-state index in [1.807, 2.05) is 0 Å². The lowest BCUT2D eigenvalue weighted by atomic mass is 10.2. The molecule has 0 radical (unpaired) electrons. The van der Waals surface area contributed by atoms with E-state index < -0.39 is 15.5 Å². The largest absolute Gasteiger partial charge is 0.508 e. The van der Waals surface area contributed by atoms with Gasteiger partial charge in [-0.25, -0.2) is 4.79 Å². The van der Waals surface area contributed by atoms with Crippen LogP contribution in [-0.4, -0.2) is 34.5 Å². The third-order valence-corrected chi connectivity index (χ3v) is 4.14. The lowest BCUT2D eigenvalue weighted by Gasteiger charge is -2.09. The van der Waals surface area contributed by atoms with Gasteiger partial charge in [-0.15, -0.1) is 0 Å². The highest BCUT2D eigenvalue weighted by Crippen LogP contribution is 2.27. The Kier molecular flexibility index (Phi) is 4.42. The summed E-state index contributed by atoms with van der Waals surface area (Å²) in [4.78, 5) is 12.1. The molecule has 0 heterocycles. The van der Waals surface area contributed by atoms with Crippen LogP contribution in [0, 0.1) is 0 Å². The van der Waals surface area contributed by atoms with Crippen LogP contribution >= 0.6 is 0 Å². The molecule has 0 aliphatic carbocycles. The van der Waals surface area contributed by atoms with E-state index in [-0.39, 0.29) is 11.3 Å². The quantitative estimate of drug-likeness (QED) is 0.692. The smallest absolute Gasteiger partial charge is 0.338 e. The lowest BCUT2D eigenvalue weighted by molar-refractivity contribution is 0.0600. The second kappa shape index (κ2) is 6.11. The molecule has 0 spiro atoms. The van der Waals surface area contributed by atoms with Crippen LogP contribution < -0.4 is 4.74 Å². The topological polar surface area (TPSA) is 72.8 Å². The second-order valence-corrected chi connectivity index (χ2v) is 7.27. The summed E-state index contributed by atoms with van der Waals surface area (Å²) in [6.07, 6.45) is 1.56. The van der Waals surface area contributed by atoms with E-state index >= 15 is 0 Å². The fourth-order valence-electron chi connectivity index (χ4n) is 1.81. The van der Waals surface area contributed by atoms with Crippen LogP contribution in [0.3, 0.4) is 0 Å². The molecule has 0 fully saturated rings. The maximum atomic E-state index is 11.8. The summed E-state index contributed by atoms with van der Waals surface area (Å²) in [5.74, 6) is 3.70. The van der Waals surface area contributed by atoms with E-state index in [9.17, 15) is 14.1 Å². The Labute approximate surface area is 129 Å². The van der Waals surface area contributed by atoms with Crippen LogP contribution in [0.4, 0.5) is 0 Å². The minimum Gasteiger partial charge on any atom is -0.508 e. The van der Waals surface area contributed by atoms with E-state index in [0.29, 0.717) is 16.4 Å². The normalized spacial score (nSPS) is 13.2. The summed E-state index contributed by atoms with van der Waals surface area (Å²) in [6, 6.07) is 10.7. The van der Waals surface area contributed by atoms with Crippen molar-refractivity contribution in [2.75, 3.05) is 13.4 Å². The highest BCUT2D eigenvalue weighted by Gasteiger charge is 2.10. The average molecular weight is 320 g/mol. The molecule has 0 aromatic heterocycles. The number of carbonyl (C=O) groups is 1. The zero-order valence-electron chi connectivity index (χ0n) is 12.2. The van der Waals surface area contributed by atoms with Crippen molar-refractivity contribution in [3.8, 4) is 17.2 Å². The predicted molar refractivity (Wildman–Crippen MR) is 85.4 cm³/mol. The van der Waals surface area contributed by atoms with E-state index in [0.717, 1.165) is 0 Å². The maximum Gasteiger partial charge on any atom is 0.338 e. The van der Waals surface area contributed by atoms with Crippen molar-refractivity contribution in [1.82, 2.24) is 0 Å². The number of benzene rings is 2. The fraction of sp³-hybridized carbons (Fsp3) is 0.125. The first kappa shape index (κ1) is 15.9. The zero-order chi connectivity index (χ0) is 16.3. The fourth-order valence-corrected chi connectivity index (χ4v) is 2.52. The number of ether oxygens (including phenoxy) is 2. The molecule has 1 N–H and O–H groups in total. The molecule has 0 bridgehead atoms. The van der Waals surface area contributed by atoms with Gasteiger partial charge in [0.1, 0.15) is 17.2 Å². The molecular formula is C16H16O5S. The van der Waals surface area contributed by atoms with Crippen molar-refractivity contribution in [2.45, 2.75) is 4.90 Å². The third kappa shape index (κ3) is 3.79. The Hall–Kier alpha value is -2.47. The molecule has 0 saturated carbocycles. The highest BCUT2D eigenvalue weighted by molar-refractivity contribution is 7.99. The first-order valence-electron chi connectivity index (χ1n) is 6.32. The molecule has 2 rings (SSSR count). The van der Waals surface area contributed by atoms with Gasteiger partial charge in [0.05, 0.1) is 12.7 Å². The Morgan fingerprint density at radius 1 is 1.14 bits per heavy atom. The summed E-state index contributed by atoms with van der Waals surface area (Å²) < 4.78 is 22.0. The number of hydrogen-bond donors (Lipinski definition) is 1. The van der Waals surface area contributed by atoms with Crippen LogP contribution in [-0.2, 0) is 14.3 Å². The molecule has 5 nitrogen and oxygen atoms in total. The maximum absolute atomic E-state index is 11.8. The van der Waals surface area contributed by atoms with Gasteiger partial charge in [0.25, 0.3) is 0 Å². The number of phenols is 1. The summed E-state index contributed by atoms with van der Waals surface area (Å²) >= 11 is 0. The lowest BCUT2D eigenvalue weighted by Crippen LogP contribution is -2.01. The van der Waals surface area contributed by atoms with Crippen molar-refractivity contribution < 1.29 is 23.6 Å². The van der Waals surface area contributed by atoms with Crippen molar-refractivity contribution in [3.05, 3.63) is 48.0 Å². The monoisotopic (exact) mass is 320 g/mol. The molecule has 2 aromatic rings. The molecule has 2 aromatic carbocycles. The number of esters is 1. The van der Waals surface area contributed by atoms with Gasteiger partial charge < -0.3 is 14.6 Å². The first-order valence-corrected chi connectivity index (χ1v) is 8.45. The summed E-state index contributed by atoms with van der Waals surface area (Å²) in [5, 5.41) is 9.63. The molecular weight excluding hydrogens is 304 g/mol. The Bertz CT molecular complexity index is 792. The van der Waals surface area contributed by atoms with Crippen LogP contribution in [0.5, 0.6) is 17.2 Å². The van der Waals surface area contributed by atoms with Crippen molar-refractivity contribution in [1.29, 1.82) is 0 Å². The van der Waals surface area contributed by atoms with E-state index in [1.165, 1.54) is 25.3 Å². The van der Waals surface area contributed by atoms with E-state index in [1.54, 1.807) is 30.5 Å². The standard InChI is InChI=1S/C16H16O5S/c1-20-16(18)11-8-12(17)10-14(9-11)21-13-4-6-15(7-5-13)22(2,3)19/h4-10,17H,2H2,1,3H3. The van der Waals surface area contributed by atoms with Gasteiger partial charge >= 0.3 is 5.97 Å². The van der Waals surface area contributed by atoms with Crippen molar-refractivity contribution >= 4 is 21.4 Å². The molecule has 0 amide bonds.